The van der Waals surface area contributed by atoms with E-state index in [2.05, 4.69) is 25.9 Å². The van der Waals surface area contributed by atoms with Crippen molar-refractivity contribution in [3.8, 4) is 5.75 Å². The van der Waals surface area contributed by atoms with Gasteiger partial charge in [-0.2, -0.15) is 0 Å². The lowest BCUT2D eigenvalue weighted by Gasteiger charge is -2.31. The highest BCUT2D eigenvalue weighted by Gasteiger charge is 2.34. The fourth-order valence-electron chi connectivity index (χ4n) is 1.96. The van der Waals surface area contributed by atoms with Crippen molar-refractivity contribution in [2.75, 3.05) is 11.9 Å². The van der Waals surface area contributed by atoms with E-state index in [1.54, 1.807) is 43.8 Å². The SMILES string of the molecule is CN1C(=O)C(c2ccncc2)Oc2cc(Br)cnc21. The molecule has 96 valence electrons. The molecule has 0 aliphatic carbocycles. The lowest BCUT2D eigenvalue weighted by molar-refractivity contribution is -0.126. The number of pyridine rings is 2. The van der Waals surface area contributed by atoms with Crippen LogP contribution in [0.25, 0.3) is 0 Å². The van der Waals surface area contributed by atoms with E-state index in [1.807, 2.05) is 0 Å². The molecule has 3 rings (SSSR count). The zero-order valence-electron chi connectivity index (χ0n) is 10.1. The molecule has 1 aliphatic rings. The molecule has 0 saturated heterocycles. The molecule has 1 aliphatic heterocycles. The molecule has 0 saturated carbocycles. The largest absolute Gasteiger partial charge is 0.472 e. The van der Waals surface area contributed by atoms with Crippen LogP contribution in [0, 0.1) is 0 Å². The lowest BCUT2D eigenvalue weighted by Crippen LogP contribution is -2.39. The monoisotopic (exact) mass is 319 g/mol. The molecule has 0 fully saturated rings. The van der Waals surface area contributed by atoms with E-state index in [-0.39, 0.29) is 5.91 Å². The van der Waals surface area contributed by atoms with Gasteiger partial charge in [0.25, 0.3) is 5.91 Å². The van der Waals surface area contributed by atoms with E-state index in [0.717, 1.165) is 10.0 Å². The van der Waals surface area contributed by atoms with E-state index in [9.17, 15) is 4.79 Å². The Morgan fingerprint density at radius 2 is 2.11 bits per heavy atom. The first kappa shape index (κ1) is 12.1. The van der Waals surface area contributed by atoms with Crippen molar-refractivity contribution in [1.82, 2.24) is 9.97 Å². The summed E-state index contributed by atoms with van der Waals surface area (Å²) >= 11 is 3.35. The van der Waals surface area contributed by atoms with Gasteiger partial charge >= 0.3 is 0 Å². The van der Waals surface area contributed by atoms with Crippen molar-refractivity contribution < 1.29 is 9.53 Å². The number of rotatable bonds is 1. The Morgan fingerprint density at radius 1 is 1.37 bits per heavy atom. The van der Waals surface area contributed by atoms with Crippen molar-refractivity contribution in [3.63, 3.8) is 0 Å². The van der Waals surface area contributed by atoms with Gasteiger partial charge in [0.15, 0.2) is 11.6 Å². The van der Waals surface area contributed by atoms with Crippen LogP contribution >= 0.6 is 15.9 Å². The Bertz CT molecular complexity index is 633. The second-order valence-electron chi connectivity index (χ2n) is 4.15. The van der Waals surface area contributed by atoms with Gasteiger partial charge in [-0.25, -0.2) is 4.98 Å². The molecular weight excluding hydrogens is 310 g/mol. The third-order valence-corrected chi connectivity index (χ3v) is 3.36. The number of halogens is 1. The number of anilines is 1. The van der Waals surface area contributed by atoms with Crippen LogP contribution in [0.15, 0.2) is 41.3 Å². The molecule has 1 unspecified atom stereocenters. The maximum atomic E-state index is 12.3. The average molecular weight is 320 g/mol. The number of carbonyl (C=O) groups is 1. The Morgan fingerprint density at radius 3 is 2.84 bits per heavy atom. The summed E-state index contributed by atoms with van der Waals surface area (Å²) in [6.07, 6.45) is 4.26. The van der Waals surface area contributed by atoms with Crippen molar-refractivity contribution in [3.05, 3.63) is 46.8 Å². The average Bonchev–Trinajstić information content (AvgIpc) is 2.43. The van der Waals surface area contributed by atoms with Gasteiger partial charge in [0.1, 0.15) is 0 Å². The maximum absolute atomic E-state index is 12.3. The van der Waals surface area contributed by atoms with Crippen molar-refractivity contribution in [2.24, 2.45) is 0 Å². The second kappa shape index (κ2) is 4.62. The third-order valence-electron chi connectivity index (χ3n) is 2.93. The summed E-state index contributed by atoms with van der Waals surface area (Å²) < 4.78 is 6.58. The number of fused-ring (bicyclic) bond motifs is 1. The molecule has 1 amide bonds. The Balaban J connectivity index is 2.05. The highest BCUT2D eigenvalue weighted by Crippen LogP contribution is 2.37. The van der Waals surface area contributed by atoms with Crippen molar-refractivity contribution >= 4 is 27.7 Å². The van der Waals surface area contributed by atoms with E-state index in [1.165, 1.54) is 4.90 Å². The number of carbonyl (C=O) groups excluding carboxylic acids is 1. The minimum Gasteiger partial charge on any atom is -0.472 e. The minimum absolute atomic E-state index is 0.145. The van der Waals surface area contributed by atoms with Crippen molar-refractivity contribution in [2.45, 2.75) is 6.10 Å². The van der Waals surface area contributed by atoms with Crippen LogP contribution in [0.2, 0.25) is 0 Å². The fourth-order valence-corrected chi connectivity index (χ4v) is 2.27. The number of amides is 1. The van der Waals surface area contributed by atoms with Crippen LogP contribution in [0.4, 0.5) is 5.82 Å². The smallest absolute Gasteiger partial charge is 0.273 e. The molecule has 6 heteroatoms. The summed E-state index contributed by atoms with van der Waals surface area (Å²) in [4.78, 5) is 22.0. The van der Waals surface area contributed by atoms with E-state index in [4.69, 9.17) is 4.74 Å². The van der Waals surface area contributed by atoms with Gasteiger partial charge in [-0.15, -0.1) is 0 Å². The highest BCUT2D eigenvalue weighted by molar-refractivity contribution is 9.10. The molecule has 2 aromatic heterocycles. The van der Waals surface area contributed by atoms with Crippen LogP contribution < -0.4 is 9.64 Å². The molecule has 1 atom stereocenters. The van der Waals surface area contributed by atoms with E-state index in [0.29, 0.717) is 11.6 Å². The normalized spacial score (nSPS) is 17.9. The number of aromatic nitrogens is 2. The first-order valence-corrected chi connectivity index (χ1v) is 6.46. The Labute approximate surface area is 118 Å². The number of likely N-dealkylation sites (N-methyl/N-ethyl adjacent to an activating group) is 1. The first-order chi connectivity index (χ1) is 9.16. The molecule has 19 heavy (non-hydrogen) atoms. The van der Waals surface area contributed by atoms with Crippen molar-refractivity contribution in [1.29, 1.82) is 0 Å². The van der Waals surface area contributed by atoms with Gasteiger partial charge in [-0.1, -0.05) is 0 Å². The van der Waals surface area contributed by atoms with Crippen LogP contribution in [0.1, 0.15) is 11.7 Å². The summed E-state index contributed by atoms with van der Waals surface area (Å²) in [6.45, 7) is 0. The quantitative estimate of drug-likeness (QED) is 0.809. The van der Waals surface area contributed by atoms with E-state index >= 15 is 0 Å². The zero-order chi connectivity index (χ0) is 13.4. The predicted molar refractivity (Wildman–Crippen MR) is 73.0 cm³/mol. The topological polar surface area (TPSA) is 55.3 Å². The molecule has 0 spiro atoms. The molecule has 5 nitrogen and oxygen atoms in total. The Hall–Kier alpha value is -1.95. The zero-order valence-corrected chi connectivity index (χ0v) is 11.7. The van der Waals surface area contributed by atoms with Gasteiger partial charge in [-0.3, -0.25) is 14.7 Å². The minimum atomic E-state index is -0.656. The maximum Gasteiger partial charge on any atom is 0.273 e. The van der Waals surface area contributed by atoms with E-state index < -0.39 is 6.10 Å². The van der Waals surface area contributed by atoms with Gasteiger partial charge in [-0.05, 0) is 34.1 Å². The van der Waals surface area contributed by atoms with Crippen LogP contribution in [-0.4, -0.2) is 22.9 Å². The summed E-state index contributed by atoms with van der Waals surface area (Å²) in [5.74, 6) is 0.963. The molecule has 0 radical (unpaired) electrons. The molecule has 2 aromatic rings. The standard InChI is InChI=1S/C13H10BrN3O2/c1-17-12-10(6-9(14)7-16-12)19-11(13(17)18)8-2-4-15-5-3-8/h2-7,11H,1H3. The van der Waals surface area contributed by atoms with Gasteiger partial charge in [0.2, 0.25) is 6.10 Å². The summed E-state index contributed by atoms with van der Waals surface area (Å²) in [5, 5.41) is 0. The van der Waals surface area contributed by atoms with Gasteiger partial charge < -0.3 is 4.74 Å². The molecule has 0 N–H and O–H groups in total. The first-order valence-electron chi connectivity index (χ1n) is 5.66. The van der Waals surface area contributed by atoms with Crippen LogP contribution in [0.3, 0.4) is 0 Å². The highest BCUT2D eigenvalue weighted by atomic mass is 79.9. The summed E-state index contributed by atoms with van der Waals surface area (Å²) in [6, 6.07) is 5.35. The number of hydrogen-bond donors (Lipinski definition) is 0. The Kier molecular flexibility index (Phi) is 2.94. The fraction of sp³-hybridized carbons (Fsp3) is 0.154. The lowest BCUT2D eigenvalue weighted by atomic mass is 10.1. The van der Waals surface area contributed by atoms with Gasteiger partial charge in [0.05, 0.1) is 0 Å². The number of nitrogens with zero attached hydrogens (tertiary/aromatic N) is 3. The number of hydrogen-bond acceptors (Lipinski definition) is 4. The van der Waals surface area contributed by atoms with Gasteiger partial charge in [0, 0.05) is 35.7 Å². The third kappa shape index (κ3) is 2.08. The summed E-state index contributed by atoms with van der Waals surface area (Å²) in [5.41, 5.74) is 0.775. The molecule has 3 heterocycles. The molecular formula is C13H10BrN3O2. The molecule has 0 bridgehead atoms. The van der Waals surface area contributed by atoms with Crippen LogP contribution in [0.5, 0.6) is 5.75 Å². The second-order valence-corrected chi connectivity index (χ2v) is 5.07. The molecule has 0 aromatic carbocycles. The summed E-state index contributed by atoms with van der Waals surface area (Å²) in [7, 11) is 1.69. The predicted octanol–water partition coefficient (Wildman–Crippen LogP) is 2.34. The number of ether oxygens (including phenoxy) is 1. The van der Waals surface area contributed by atoms with Crippen LogP contribution in [-0.2, 0) is 4.79 Å².